The number of piperazine rings is 1. The summed E-state index contributed by atoms with van der Waals surface area (Å²) in [5.74, 6) is 0.873. The number of rotatable bonds is 4. The number of hydrogen-bond acceptors (Lipinski definition) is 5. The molecule has 2 saturated heterocycles. The Bertz CT molecular complexity index is 454. The molecule has 1 N–H and O–H groups in total. The minimum atomic E-state index is -0.0369. The molecule has 110 valence electrons. The van der Waals surface area contributed by atoms with E-state index in [-0.39, 0.29) is 12.0 Å². The molecule has 1 aromatic heterocycles. The van der Waals surface area contributed by atoms with E-state index in [0.29, 0.717) is 18.2 Å². The van der Waals surface area contributed by atoms with Gasteiger partial charge in [0.2, 0.25) is 0 Å². The molecule has 3 heterocycles. The van der Waals surface area contributed by atoms with Gasteiger partial charge in [0.25, 0.3) is 0 Å². The van der Waals surface area contributed by atoms with Crippen LogP contribution in [-0.4, -0.2) is 67.5 Å². The van der Waals surface area contributed by atoms with Gasteiger partial charge in [-0.3, -0.25) is 4.90 Å². The predicted octanol–water partition coefficient (Wildman–Crippen LogP) is 0.866. The fourth-order valence-electron chi connectivity index (χ4n) is 2.83. The van der Waals surface area contributed by atoms with E-state index in [1.165, 1.54) is 0 Å². The van der Waals surface area contributed by atoms with Crippen LogP contribution in [0.4, 0.5) is 5.82 Å². The summed E-state index contributed by atoms with van der Waals surface area (Å²) in [6.45, 7) is 6.24. The molecule has 0 amide bonds. The molecule has 5 nitrogen and oxygen atoms in total. The first-order chi connectivity index (χ1) is 9.72. The van der Waals surface area contributed by atoms with Crippen LogP contribution in [0.3, 0.4) is 0 Å². The van der Waals surface area contributed by atoms with Crippen molar-refractivity contribution in [2.75, 3.05) is 57.4 Å². The summed E-state index contributed by atoms with van der Waals surface area (Å²) in [6.07, 6.45) is 1.78. The third-order valence-electron chi connectivity index (χ3n) is 4.12. The van der Waals surface area contributed by atoms with Crippen molar-refractivity contribution in [2.24, 2.45) is 5.41 Å². The highest BCUT2D eigenvalue weighted by Gasteiger charge is 2.40. The Balaban J connectivity index is 1.56. The maximum absolute atomic E-state index is 9.49. The SMILES string of the molecule is OCC1(CN2CCN(c3ncccc3Cl)CC2)COC1. The van der Waals surface area contributed by atoms with E-state index < -0.39 is 0 Å². The summed E-state index contributed by atoms with van der Waals surface area (Å²) in [4.78, 5) is 8.98. The Kier molecular flexibility index (Phi) is 4.12. The molecule has 0 unspecified atom stereocenters. The molecule has 1 aromatic rings. The lowest BCUT2D eigenvalue weighted by Crippen LogP contribution is -2.57. The van der Waals surface area contributed by atoms with Gasteiger partial charge in [-0.15, -0.1) is 0 Å². The quantitative estimate of drug-likeness (QED) is 0.893. The number of nitrogens with zero attached hydrogens (tertiary/aromatic N) is 3. The van der Waals surface area contributed by atoms with Gasteiger partial charge in [0.1, 0.15) is 5.82 Å². The van der Waals surface area contributed by atoms with Gasteiger partial charge in [-0.05, 0) is 12.1 Å². The van der Waals surface area contributed by atoms with Crippen molar-refractivity contribution in [3.05, 3.63) is 23.4 Å². The molecule has 0 radical (unpaired) electrons. The molecule has 2 aliphatic heterocycles. The Hall–Kier alpha value is -0.880. The molecule has 6 heteroatoms. The van der Waals surface area contributed by atoms with Crippen LogP contribution >= 0.6 is 11.6 Å². The topological polar surface area (TPSA) is 48.8 Å². The van der Waals surface area contributed by atoms with Crippen LogP contribution in [0, 0.1) is 5.41 Å². The van der Waals surface area contributed by atoms with Crippen LogP contribution in [0.5, 0.6) is 0 Å². The number of aromatic nitrogens is 1. The molecule has 0 spiro atoms. The van der Waals surface area contributed by atoms with Gasteiger partial charge in [0.15, 0.2) is 0 Å². The van der Waals surface area contributed by atoms with Crippen LogP contribution in [0.15, 0.2) is 18.3 Å². The van der Waals surface area contributed by atoms with Gasteiger partial charge in [-0.1, -0.05) is 11.6 Å². The van der Waals surface area contributed by atoms with Crippen LogP contribution in [0.2, 0.25) is 5.02 Å². The maximum Gasteiger partial charge on any atom is 0.147 e. The van der Waals surface area contributed by atoms with Crippen LogP contribution in [0.25, 0.3) is 0 Å². The van der Waals surface area contributed by atoms with Crippen molar-refractivity contribution in [1.29, 1.82) is 0 Å². The first-order valence-electron chi connectivity index (χ1n) is 6.99. The second-order valence-corrected chi connectivity index (χ2v) is 6.13. The summed E-state index contributed by atoms with van der Waals surface area (Å²) in [5.41, 5.74) is -0.0369. The van der Waals surface area contributed by atoms with E-state index in [1.54, 1.807) is 6.20 Å². The lowest BCUT2D eigenvalue weighted by molar-refractivity contribution is -0.148. The molecule has 0 saturated carbocycles. The number of anilines is 1. The number of halogens is 1. The number of ether oxygens (including phenoxy) is 1. The highest BCUT2D eigenvalue weighted by molar-refractivity contribution is 6.32. The first-order valence-corrected chi connectivity index (χ1v) is 7.37. The zero-order chi connectivity index (χ0) is 14.0. The second-order valence-electron chi connectivity index (χ2n) is 5.72. The summed E-state index contributed by atoms with van der Waals surface area (Å²) in [7, 11) is 0. The van der Waals surface area contributed by atoms with Crippen molar-refractivity contribution >= 4 is 17.4 Å². The van der Waals surface area contributed by atoms with Gasteiger partial charge >= 0.3 is 0 Å². The van der Waals surface area contributed by atoms with Gasteiger partial charge in [-0.25, -0.2) is 4.98 Å². The van der Waals surface area contributed by atoms with E-state index in [4.69, 9.17) is 16.3 Å². The van der Waals surface area contributed by atoms with Crippen molar-refractivity contribution < 1.29 is 9.84 Å². The number of aliphatic hydroxyl groups is 1. The molecular weight excluding hydrogens is 278 g/mol. The first kappa shape index (κ1) is 14.1. The van der Waals surface area contributed by atoms with Gasteiger partial charge in [-0.2, -0.15) is 0 Å². The number of aliphatic hydroxyl groups excluding tert-OH is 1. The van der Waals surface area contributed by atoms with Crippen LogP contribution in [-0.2, 0) is 4.74 Å². The van der Waals surface area contributed by atoms with E-state index in [1.807, 2.05) is 12.1 Å². The fourth-order valence-corrected chi connectivity index (χ4v) is 3.07. The normalized spacial score (nSPS) is 22.6. The molecule has 0 atom stereocenters. The summed E-state index contributed by atoms with van der Waals surface area (Å²) >= 11 is 6.19. The Morgan fingerprint density at radius 3 is 2.60 bits per heavy atom. The molecule has 20 heavy (non-hydrogen) atoms. The van der Waals surface area contributed by atoms with E-state index in [0.717, 1.165) is 38.5 Å². The monoisotopic (exact) mass is 297 g/mol. The van der Waals surface area contributed by atoms with Crippen molar-refractivity contribution in [2.45, 2.75) is 0 Å². The second kappa shape index (κ2) is 5.85. The minimum absolute atomic E-state index is 0.0369. The average molecular weight is 298 g/mol. The van der Waals surface area contributed by atoms with E-state index in [2.05, 4.69) is 14.8 Å². The standard InChI is InChI=1S/C14H20ClN3O2/c15-12-2-1-3-16-13(12)18-6-4-17(5-7-18)8-14(9-19)10-20-11-14/h1-3,19H,4-11H2. The summed E-state index contributed by atoms with van der Waals surface area (Å²) < 4.78 is 5.25. The Labute approximate surface area is 124 Å². The average Bonchev–Trinajstić information content (AvgIpc) is 2.44. The predicted molar refractivity (Wildman–Crippen MR) is 78.2 cm³/mol. The molecule has 0 aliphatic carbocycles. The van der Waals surface area contributed by atoms with Crippen molar-refractivity contribution in [1.82, 2.24) is 9.88 Å². The molecular formula is C14H20ClN3O2. The molecule has 0 bridgehead atoms. The highest BCUT2D eigenvalue weighted by Crippen LogP contribution is 2.29. The Morgan fingerprint density at radius 2 is 2.05 bits per heavy atom. The third kappa shape index (κ3) is 2.76. The molecule has 2 aliphatic rings. The van der Waals surface area contributed by atoms with Crippen molar-refractivity contribution in [3.63, 3.8) is 0 Å². The largest absolute Gasteiger partial charge is 0.396 e. The number of pyridine rings is 1. The highest BCUT2D eigenvalue weighted by atomic mass is 35.5. The Morgan fingerprint density at radius 1 is 1.30 bits per heavy atom. The van der Waals surface area contributed by atoms with Crippen molar-refractivity contribution in [3.8, 4) is 0 Å². The smallest absolute Gasteiger partial charge is 0.147 e. The van der Waals surface area contributed by atoms with Crippen LogP contribution in [0.1, 0.15) is 0 Å². The van der Waals surface area contributed by atoms with Gasteiger partial charge in [0.05, 0.1) is 30.3 Å². The lowest BCUT2D eigenvalue weighted by atomic mass is 9.86. The van der Waals surface area contributed by atoms with Crippen LogP contribution < -0.4 is 4.90 Å². The van der Waals surface area contributed by atoms with Gasteiger partial charge in [0, 0.05) is 38.9 Å². The fraction of sp³-hybridized carbons (Fsp3) is 0.643. The molecule has 3 rings (SSSR count). The van der Waals surface area contributed by atoms with E-state index >= 15 is 0 Å². The zero-order valence-electron chi connectivity index (χ0n) is 11.5. The zero-order valence-corrected chi connectivity index (χ0v) is 12.2. The maximum atomic E-state index is 9.49. The number of hydrogen-bond donors (Lipinski definition) is 1. The van der Waals surface area contributed by atoms with Gasteiger partial charge < -0.3 is 14.7 Å². The summed E-state index contributed by atoms with van der Waals surface area (Å²) in [5, 5.41) is 10.2. The minimum Gasteiger partial charge on any atom is -0.396 e. The molecule has 2 fully saturated rings. The molecule has 0 aromatic carbocycles. The van der Waals surface area contributed by atoms with E-state index in [9.17, 15) is 5.11 Å². The summed E-state index contributed by atoms with van der Waals surface area (Å²) in [6, 6.07) is 3.73. The third-order valence-corrected chi connectivity index (χ3v) is 4.42. The lowest BCUT2D eigenvalue weighted by Gasteiger charge is -2.45.